The summed E-state index contributed by atoms with van der Waals surface area (Å²) < 4.78 is 34.7. The molecule has 3 rings (SSSR count). The van der Waals surface area contributed by atoms with Crippen molar-refractivity contribution in [2.45, 2.75) is 11.9 Å². The first-order valence-electron chi connectivity index (χ1n) is 7.54. The molecule has 0 spiro atoms. The monoisotopic (exact) mass is 370 g/mol. The van der Waals surface area contributed by atoms with E-state index in [4.69, 9.17) is 21.2 Å². The summed E-state index contributed by atoms with van der Waals surface area (Å²) in [6.07, 6.45) is -1.14. The number of nitrogens with two attached hydrogens (primary N) is 1. The quantitative estimate of drug-likeness (QED) is 0.641. The van der Waals surface area contributed by atoms with Crippen molar-refractivity contribution in [2.75, 3.05) is 0 Å². The van der Waals surface area contributed by atoms with Gasteiger partial charge in [-0.1, -0.05) is 48.5 Å². The first kappa shape index (κ1) is 17.5. The Kier molecular flexibility index (Phi) is 4.65. The van der Waals surface area contributed by atoms with Crippen molar-refractivity contribution in [3.05, 3.63) is 88.8 Å². The van der Waals surface area contributed by atoms with Crippen molar-refractivity contribution < 1.29 is 22.1 Å². The van der Waals surface area contributed by atoms with Crippen LogP contribution in [0.2, 0.25) is 0 Å². The zero-order chi connectivity index (χ0) is 18.7. The summed E-state index contributed by atoms with van der Waals surface area (Å²) in [6.45, 7) is 7.03. The van der Waals surface area contributed by atoms with Crippen LogP contribution in [0.15, 0.2) is 66.2 Å². The van der Waals surface area contributed by atoms with Crippen molar-refractivity contribution in [1.29, 1.82) is 0 Å². The maximum Gasteiger partial charge on any atom is 0.313 e. The summed E-state index contributed by atoms with van der Waals surface area (Å²) in [7, 11) is -4.09. The smallest absolute Gasteiger partial charge is 0.313 e. The van der Waals surface area contributed by atoms with Gasteiger partial charge in [0.25, 0.3) is 0 Å². The lowest BCUT2D eigenvalue weighted by Gasteiger charge is -2.10. The van der Waals surface area contributed by atoms with E-state index in [0.29, 0.717) is 16.8 Å². The first-order chi connectivity index (χ1) is 12.4. The van der Waals surface area contributed by atoms with Gasteiger partial charge in [0.05, 0.1) is 6.57 Å². The molecule has 0 amide bonds. The number of hydrogen-bond acceptors (Lipinski definition) is 6. The molecule has 2 aromatic rings. The van der Waals surface area contributed by atoms with Crippen LogP contribution in [0.5, 0.6) is 0 Å². The van der Waals surface area contributed by atoms with E-state index in [0.717, 1.165) is 0 Å². The van der Waals surface area contributed by atoms with Gasteiger partial charge in [-0.25, -0.2) is 4.85 Å². The van der Waals surface area contributed by atoms with Gasteiger partial charge in [0.15, 0.2) is 11.8 Å². The van der Waals surface area contributed by atoms with E-state index in [9.17, 15) is 13.2 Å². The van der Waals surface area contributed by atoms with Crippen molar-refractivity contribution in [2.24, 2.45) is 5.73 Å². The number of benzene rings is 2. The van der Waals surface area contributed by atoms with Crippen molar-refractivity contribution in [1.82, 2.24) is 0 Å². The summed E-state index contributed by atoms with van der Waals surface area (Å²) in [6, 6.07) is 14.7. The highest BCUT2D eigenvalue weighted by Gasteiger charge is 2.39. The lowest BCUT2D eigenvalue weighted by atomic mass is 10.1. The Balaban J connectivity index is 1.79. The molecule has 1 aliphatic rings. The maximum atomic E-state index is 12.5. The van der Waals surface area contributed by atoms with E-state index < -0.39 is 39.4 Å². The number of ketones is 1. The zero-order valence-electron chi connectivity index (χ0n) is 13.5. The number of Topliss-reactive ketones (excluding diaryl/α,β-unsaturated/α-hetero) is 1. The average Bonchev–Trinajstić information content (AvgIpc) is 2.90. The Hall–Kier alpha value is -3.31. The number of carbonyl (C=O) groups is 1. The predicted octanol–water partition coefficient (Wildman–Crippen LogP) is 2.55. The average molecular weight is 370 g/mol. The number of rotatable bonds is 5. The van der Waals surface area contributed by atoms with E-state index in [1.807, 2.05) is 0 Å². The fraction of sp³-hybridized carbons (Fsp3) is 0.111. The number of nitrogens with zero attached hydrogens (tertiary/aromatic N) is 1. The normalized spacial score (nSPS) is 16.9. The largest absolute Gasteiger partial charge is 0.460 e. The molecular weight excluding hydrogens is 356 g/mol. The van der Waals surface area contributed by atoms with Crippen LogP contribution in [-0.4, -0.2) is 14.2 Å². The number of hydrogen-bond donors (Lipinski definition) is 1. The van der Waals surface area contributed by atoms with Crippen LogP contribution >= 0.6 is 0 Å². The first-order valence-corrected chi connectivity index (χ1v) is 9.11. The molecule has 1 unspecified atom stereocenters. The van der Waals surface area contributed by atoms with Crippen molar-refractivity contribution in [3.8, 4) is 0 Å². The highest BCUT2D eigenvalue weighted by atomic mass is 32.2. The van der Waals surface area contributed by atoms with Crippen LogP contribution in [0.4, 0.5) is 5.69 Å². The standard InChI is InChI=1S/C18H14N2O5S/c1-20-14-9-5-8-13(10-14)16-15(21)17(18(19)24-16)25-26(22,23)11-12-6-3-2-4-7-12/h2-10,16H,11,19H2. The molecule has 8 heteroatoms. The van der Waals surface area contributed by atoms with Gasteiger partial charge in [0.1, 0.15) is 5.75 Å². The second kappa shape index (κ2) is 6.90. The van der Waals surface area contributed by atoms with Gasteiger partial charge in [-0.3, -0.25) is 4.79 Å². The van der Waals surface area contributed by atoms with Crippen LogP contribution in [0.1, 0.15) is 17.2 Å². The van der Waals surface area contributed by atoms with Crippen molar-refractivity contribution in [3.63, 3.8) is 0 Å². The minimum atomic E-state index is -4.09. The minimum Gasteiger partial charge on any atom is -0.460 e. The third kappa shape index (κ3) is 3.68. The molecule has 1 heterocycles. The molecule has 0 saturated heterocycles. The van der Waals surface area contributed by atoms with Gasteiger partial charge in [0, 0.05) is 0 Å². The molecule has 7 nitrogen and oxygen atoms in total. The van der Waals surface area contributed by atoms with Gasteiger partial charge in [0.2, 0.25) is 17.4 Å². The van der Waals surface area contributed by atoms with E-state index in [1.165, 1.54) is 6.07 Å². The molecule has 0 bridgehead atoms. The molecule has 2 N–H and O–H groups in total. The van der Waals surface area contributed by atoms with E-state index in [-0.39, 0.29) is 0 Å². The molecule has 132 valence electrons. The molecule has 0 saturated carbocycles. The Morgan fingerprint density at radius 2 is 1.88 bits per heavy atom. The summed E-state index contributed by atoms with van der Waals surface area (Å²) in [4.78, 5) is 15.8. The molecule has 0 fully saturated rings. The Morgan fingerprint density at radius 1 is 1.15 bits per heavy atom. The van der Waals surface area contributed by atoms with Gasteiger partial charge in [-0.15, -0.1) is 0 Å². The molecule has 1 atom stereocenters. The topological polar surface area (TPSA) is 100 Å². The fourth-order valence-electron chi connectivity index (χ4n) is 2.47. The second-order valence-corrected chi connectivity index (χ2v) is 7.10. The molecular formula is C18H14N2O5S. The van der Waals surface area contributed by atoms with Gasteiger partial charge in [-0.05, 0) is 17.2 Å². The van der Waals surface area contributed by atoms with Crippen LogP contribution in [0, 0.1) is 6.57 Å². The highest BCUT2D eigenvalue weighted by molar-refractivity contribution is 7.86. The molecule has 2 aromatic carbocycles. The third-order valence-corrected chi connectivity index (χ3v) is 4.74. The Labute approximate surface area is 150 Å². The van der Waals surface area contributed by atoms with Crippen molar-refractivity contribution >= 4 is 21.6 Å². The lowest BCUT2D eigenvalue weighted by molar-refractivity contribution is -0.123. The van der Waals surface area contributed by atoms with E-state index >= 15 is 0 Å². The SMILES string of the molecule is [C-]#[N+]c1cccc(C2OC(N)=C(OS(=O)(=O)Cc3ccccc3)C2=O)c1. The molecule has 0 aromatic heterocycles. The maximum absolute atomic E-state index is 12.5. The molecule has 1 aliphatic heterocycles. The Bertz CT molecular complexity index is 1020. The van der Waals surface area contributed by atoms with Crippen LogP contribution in [0.25, 0.3) is 4.85 Å². The minimum absolute atomic E-state index is 0.323. The fourth-order valence-corrected chi connectivity index (χ4v) is 3.55. The number of ether oxygens (including phenoxy) is 1. The number of carbonyl (C=O) groups excluding carboxylic acids is 1. The van der Waals surface area contributed by atoms with E-state index in [2.05, 4.69) is 4.85 Å². The predicted molar refractivity (Wildman–Crippen MR) is 92.9 cm³/mol. The lowest BCUT2D eigenvalue weighted by Crippen LogP contribution is -2.16. The molecule has 26 heavy (non-hydrogen) atoms. The third-order valence-electron chi connectivity index (χ3n) is 3.63. The summed E-state index contributed by atoms with van der Waals surface area (Å²) >= 11 is 0. The van der Waals surface area contributed by atoms with Gasteiger partial charge < -0.3 is 14.7 Å². The molecule has 0 aliphatic carbocycles. The Morgan fingerprint density at radius 3 is 2.58 bits per heavy atom. The highest BCUT2D eigenvalue weighted by Crippen LogP contribution is 2.34. The second-order valence-electron chi connectivity index (χ2n) is 5.53. The molecule has 0 radical (unpaired) electrons. The van der Waals surface area contributed by atoms with Crippen LogP contribution in [0.3, 0.4) is 0 Å². The van der Waals surface area contributed by atoms with Gasteiger partial charge in [-0.2, -0.15) is 8.42 Å². The zero-order valence-corrected chi connectivity index (χ0v) is 14.3. The van der Waals surface area contributed by atoms with Gasteiger partial charge >= 0.3 is 10.1 Å². The van der Waals surface area contributed by atoms with Crippen LogP contribution in [-0.2, 0) is 29.6 Å². The van der Waals surface area contributed by atoms with E-state index in [1.54, 1.807) is 48.5 Å². The summed E-state index contributed by atoms with van der Waals surface area (Å²) in [5, 5.41) is 0. The summed E-state index contributed by atoms with van der Waals surface area (Å²) in [5.41, 5.74) is 6.88. The summed E-state index contributed by atoms with van der Waals surface area (Å²) in [5.74, 6) is -2.05. The van der Waals surface area contributed by atoms with Crippen LogP contribution < -0.4 is 5.73 Å².